The Hall–Kier alpha value is -4.55. The van der Waals surface area contributed by atoms with Gasteiger partial charge in [0.25, 0.3) is 0 Å². The van der Waals surface area contributed by atoms with E-state index in [2.05, 4.69) is 20.5 Å². The first kappa shape index (κ1) is 33.0. The third-order valence-corrected chi connectivity index (χ3v) is 6.69. The molecule has 0 saturated carbocycles. The fraction of sp³-hybridized carbons (Fsp3) is 0.241. The van der Waals surface area contributed by atoms with E-state index in [-0.39, 0.29) is 31.6 Å². The number of rotatable bonds is 15. The number of hydrogen-bond donors (Lipinski definition) is 7. The van der Waals surface area contributed by atoms with E-state index in [9.17, 15) is 28.8 Å². The zero-order valence-electron chi connectivity index (χ0n) is 23.0. The second kappa shape index (κ2) is 15.6. The van der Waals surface area contributed by atoms with Crippen molar-refractivity contribution in [3.63, 3.8) is 0 Å². The molecule has 0 saturated heterocycles. The number of amides is 3. The summed E-state index contributed by atoms with van der Waals surface area (Å²) in [7, 11) is -4.77. The lowest BCUT2D eigenvalue weighted by Crippen LogP contribution is -2.57. The second-order valence-electron chi connectivity index (χ2n) is 9.59. The Labute approximate surface area is 247 Å². The number of carboxylic acids is 1. The van der Waals surface area contributed by atoms with E-state index < -0.39 is 49.6 Å². The van der Waals surface area contributed by atoms with Crippen LogP contribution in [0.25, 0.3) is 0 Å². The maximum atomic E-state index is 13.5. The molecule has 228 valence electrons. The lowest BCUT2D eigenvalue weighted by atomic mass is 10.0. The van der Waals surface area contributed by atoms with E-state index in [1.54, 1.807) is 60.7 Å². The third kappa shape index (κ3) is 11.3. The highest BCUT2D eigenvalue weighted by Gasteiger charge is 2.30. The summed E-state index contributed by atoms with van der Waals surface area (Å²) in [6.07, 6.45) is -0.0217. The number of phosphoric ester groups is 1. The Morgan fingerprint density at radius 3 is 1.53 bits per heavy atom. The van der Waals surface area contributed by atoms with E-state index in [4.69, 9.17) is 15.5 Å². The van der Waals surface area contributed by atoms with Crippen LogP contribution in [0.2, 0.25) is 0 Å². The van der Waals surface area contributed by atoms with Crippen molar-refractivity contribution in [3.05, 3.63) is 102 Å². The molecule has 0 aromatic heterocycles. The highest BCUT2D eigenvalue weighted by Crippen LogP contribution is 2.37. The molecule has 0 aliphatic rings. The maximum Gasteiger partial charge on any atom is 0.524 e. The van der Waals surface area contributed by atoms with Crippen molar-refractivity contribution in [3.8, 4) is 5.75 Å². The molecule has 8 N–H and O–H groups in total. The van der Waals surface area contributed by atoms with Crippen LogP contribution in [0, 0.1) is 0 Å². The van der Waals surface area contributed by atoms with Crippen molar-refractivity contribution in [1.29, 1.82) is 0 Å². The molecule has 0 fully saturated rings. The first-order valence-corrected chi connectivity index (χ1v) is 14.7. The van der Waals surface area contributed by atoms with Gasteiger partial charge in [0.2, 0.25) is 17.7 Å². The molecule has 0 spiro atoms. The molecule has 3 rings (SSSR count). The van der Waals surface area contributed by atoms with Crippen LogP contribution in [0.3, 0.4) is 0 Å². The van der Waals surface area contributed by atoms with Crippen molar-refractivity contribution >= 4 is 31.5 Å². The van der Waals surface area contributed by atoms with E-state index in [0.717, 1.165) is 5.56 Å². The van der Waals surface area contributed by atoms with Crippen LogP contribution in [0.4, 0.5) is 0 Å². The molecule has 3 aromatic rings. The van der Waals surface area contributed by atoms with E-state index in [1.807, 2.05) is 0 Å². The van der Waals surface area contributed by atoms with Gasteiger partial charge >= 0.3 is 13.8 Å². The fourth-order valence-corrected chi connectivity index (χ4v) is 4.57. The molecule has 0 radical (unpaired) electrons. The summed E-state index contributed by atoms with van der Waals surface area (Å²) >= 11 is 0. The van der Waals surface area contributed by atoms with Gasteiger partial charge in [-0.05, 0) is 28.8 Å². The second-order valence-corrected chi connectivity index (χ2v) is 10.8. The third-order valence-electron chi connectivity index (χ3n) is 6.24. The molecule has 0 bridgehead atoms. The summed E-state index contributed by atoms with van der Waals surface area (Å²) in [4.78, 5) is 68.9. The molecular weight excluding hydrogens is 579 g/mol. The number of carbonyl (C=O) groups excluding carboxylic acids is 3. The van der Waals surface area contributed by atoms with Crippen molar-refractivity contribution in [2.24, 2.45) is 5.73 Å². The molecule has 13 nitrogen and oxygen atoms in total. The lowest BCUT2D eigenvalue weighted by molar-refractivity contribution is -0.142. The topological polar surface area (TPSA) is 217 Å². The summed E-state index contributed by atoms with van der Waals surface area (Å²) in [5, 5.41) is 17.5. The molecule has 3 amide bonds. The summed E-state index contributed by atoms with van der Waals surface area (Å²) in [6, 6.07) is 19.4. The molecule has 3 aromatic carbocycles. The minimum atomic E-state index is -4.77. The number of carboxylic acid groups (broad SMARTS) is 1. The van der Waals surface area contributed by atoms with Crippen LogP contribution in [-0.2, 0) is 43.0 Å². The van der Waals surface area contributed by atoms with Crippen molar-refractivity contribution in [1.82, 2.24) is 16.0 Å². The number of aliphatic carboxylic acids is 1. The average Bonchev–Trinajstić information content (AvgIpc) is 2.97. The van der Waals surface area contributed by atoms with Gasteiger partial charge in [-0.2, -0.15) is 0 Å². The SMILES string of the molecule is NCC(=O)N[C@@H](Cc1ccccc1)C(=O)N[C@@H](Cc1ccccc1)C(=O)N[C@@H](Cc1ccc(OP(=O)(O)O)cc1)C(=O)O. The summed E-state index contributed by atoms with van der Waals surface area (Å²) < 4.78 is 15.5. The maximum absolute atomic E-state index is 13.5. The quantitative estimate of drug-likeness (QED) is 0.119. The first-order chi connectivity index (χ1) is 20.4. The van der Waals surface area contributed by atoms with Crippen LogP contribution >= 0.6 is 7.82 Å². The number of nitrogens with one attached hydrogen (secondary N) is 3. The summed E-state index contributed by atoms with van der Waals surface area (Å²) in [6.45, 7) is -0.348. The van der Waals surface area contributed by atoms with Gasteiger partial charge in [0, 0.05) is 19.3 Å². The largest absolute Gasteiger partial charge is 0.524 e. The minimum absolute atomic E-state index is 0.0298. The average molecular weight is 613 g/mol. The standard InChI is InChI=1S/C29H33N4O9P/c30-18-26(34)31-23(15-19-7-3-1-4-8-19)27(35)32-24(16-20-9-5-2-6-10-20)28(36)33-25(29(37)38)17-21-11-13-22(14-12-21)42-43(39,40)41/h1-14,23-25H,15-18,30H2,(H,31,34)(H,32,35)(H,33,36)(H,37,38)(H2,39,40,41)/t23-,24-,25-/m0/s1. The number of nitrogens with two attached hydrogens (primary N) is 1. The summed E-state index contributed by atoms with van der Waals surface area (Å²) in [5.74, 6) is -3.46. The van der Waals surface area contributed by atoms with Gasteiger partial charge in [-0.3, -0.25) is 24.2 Å². The van der Waals surface area contributed by atoms with E-state index in [1.165, 1.54) is 24.3 Å². The van der Waals surface area contributed by atoms with Gasteiger partial charge in [0.05, 0.1) is 6.54 Å². The zero-order valence-corrected chi connectivity index (χ0v) is 23.9. The minimum Gasteiger partial charge on any atom is -0.480 e. The molecule has 0 heterocycles. The van der Waals surface area contributed by atoms with Crippen molar-refractivity contribution in [2.75, 3.05) is 6.54 Å². The predicted molar refractivity (Wildman–Crippen MR) is 156 cm³/mol. The van der Waals surface area contributed by atoms with Gasteiger partial charge in [0.15, 0.2) is 0 Å². The Kier molecular flexibility index (Phi) is 12.0. The predicted octanol–water partition coefficient (Wildman–Crippen LogP) is 0.684. The Morgan fingerprint density at radius 1 is 0.674 bits per heavy atom. The summed E-state index contributed by atoms with van der Waals surface area (Å²) in [5.41, 5.74) is 7.33. The number of benzene rings is 3. The van der Waals surface area contributed by atoms with Crippen LogP contribution < -0.4 is 26.2 Å². The number of phosphoric acid groups is 1. The van der Waals surface area contributed by atoms with Crippen LogP contribution in [0.1, 0.15) is 16.7 Å². The molecule has 3 atom stereocenters. The molecule has 43 heavy (non-hydrogen) atoms. The Bertz CT molecular complexity index is 1430. The van der Waals surface area contributed by atoms with Crippen molar-refractivity contribution < 1.29 is 43.2 Å². The smallest absolute Gasteiger partial charge is 0.480 e. The first-order valence-electron chi connectivity index (χ1n) is 13.2. The van der Waals surface area contributed by atoms with E-state index >= 15 is 0 Å². The Balaban J connectivity index is 1.79. The Morgan fingerprint density at radius 2 is 1.09 bits per heavy atom. The monoisotopic (exact) mass is 612 g/mol. The van der Waals surface area contributed by atoms with Crippen LogP contribution in [0.15, 0.2) is 84.9 Å². The van der Waals surface area contributed by atoms with Gasteiger partial charge < -0.3 is 31.3 Å². The van der Waals surface area contributed by atoms with Gasteiger partial charge in [-0.15, -0.1) is 0 Å². The van der Waals surface area contributed by atoms with E-state index in [0.29, 0.717) is 11.1 Å². The van der Waals surface area contributed by atoms with Gasteiger partial charge in [0.1, 0.15) is 23.9 Å². The normalized spacial score (nSPS) is 13.2. The highest BCUT2D eigenvalue weighted by molar-refractivity contribution is 7.46. The van der Waals surface area contributed by atoms with Gasteiger partial charge in [-0.25, -0.2) is 9.36 Å². The molecule has 0 aliphatic heterocycles. The lowest BCUT2D eigenvalue weighted by Gasteiger charge is -2.25. The van der Waals surface area contributed by atoms with Gasteiger partial charge in [-0.1, -0.05) is 72.8 Å². The zero-order chi connectivity index (χ0) is 31.4. The fourth-order valence-electron chi connectivity index (χ4n) is 4.18. The van der Waals surface area contributed by atoms with Crippen LogP contribution in [0.5, 0.6) is 5.75 Å². The van der Waals surface area contributed by atoms with Crippen LogP contribution in [-0.4, -0.2) is 63.3 Å². The number of hydrogen-bond acceptors (Lipinski definition) is 7. The molecular formula is C29H33N4O9P. The molecule has 0 aliphatic carbocycles. The number of carbonyl (C=O) groups is 4. The molecule has 0 unspecified atom stereocenters. The molecule has 14 heteroatoms. The van der Waals surface area contributed by atoms with Crippen molar-refractivity contribution in [2.45, 2.75) is 37.4 Å². The highest BCUT2D eigenvalue weighted by atomic mass is 31.2.